The third-order valence-corrected chi connectivity index (χ3v) is 5.28. The summed E-state index contributed by atoms with van der Waals surface area (Å²) in [5.74, 6) is -3.59. The monoisotopic (exact) mass is 485 g/mol. The molecular formula is C24H27N3O8. The smallest absolute Gasteiger partial charge is 0.329 e. The Morgan fingerprint density at radius 1 is 0.943 bits per heavy atom. The minimum Gasteiger partial charge on any atom is -0.469 e. The fourth-order valence-corrected chi connectivity index (χ4v) is 3.54. The van der Waals surface area contributed by atoms with E-state index < -0.39 is 46.7 Å². The molecular weight excluding hydrogens is 458 g/mol. The second-order valence-electron chi connectivity index (χ2n) is 7.69. The number of methoxy groups -OCH3 is 2. The first kappa shape index (κ1) is 27.0. The number of nitro benzene ring substituents is 1. The van der Waals surface area contributed by atoms with Crippen LogP contribution in [0.4, 0.5) is 5.69 Å². The maximum atomic E-state index is 13.2. The number of ether oxygens (including phenoxy) is 2. The minimum atomic E-state index is -1.35. The van der Waals surface area contributed by atoms with Gasteiger partial charge in [-0.1, -0.05) is 42.5 Å². The Kier molecular flexibility index (Phi) is 9.88. The van der Waals surface area contributed by atoms with Crippen LogP contribution in [0.3, 0.4) is 0 Å². The summed E-state index contributed by atoms with van der Waals surface area (Å²) in [7, 11) is 2.30. The average molecular weight is 485 g/mol. The van der Waals surface area contributed by atoms with Gasteiger partial charge in [0.1, 0.15) is 12.1 Å². The molecule has 186 valence electrons. The average Bonchev–Trinajstić information content (AvgIpc) is 2.85. The number of carbonyl (C=O) groups is 4. The Balaban J connectivity index is 2.40. The molecule has 0 aliphatic heterocycles. The zero-order chi connectivity index (χ0) is 26.0. The van der Waals surface area contributed by atoms with E-state index in [0.29, 0.717) is 5.56 Å². The van der Waals surface area contributed by atoms with Crippen molar-refractivity contribution >= 4 is 29.4 Å². The molecule has 2 N–H and O–H groups in total. The van der Waals surface area contributed by atoms with Gasteiger partial charge in [-0.15, -0.1) is 0 Å². The number of carbonyl (C=O) groups excluding carboxylic acids is 4. The zero-order valence-electron chi connectivity index (χ0n) is 19.6. The van der Waals surface area contributed by atoms with Gasteiger partial charge >= 0.3 is 11.9 Å². The number of benzene rings is 2. The van der Waals surface area contributed by atoms with Crippen LogP contribution in [0.15, 0.2) is 54.6 Å². The Hall–Kier alpha value is -4.28. The second kappa shape index (κ2) is 12.8. The van der Waals surface area contributed by atoms with Gasteiger partial charge in [0.05, 0.1) is 25.6 Å². The summed E-state index contributed by atoms with van der Waals surface area (Å²) in [6.45, 7) is 1.26. The van der Waals surface area contributed by atoms with Crippen LogP contribution < -0.4 is 10.6 Å². The minimum absolute atomic E-state index is 0.152. The number of nitrogens with zero attached hydrogens (tertiary/aromatic N) is 1. The van der Waals surface area contributed by atoms with Gasteiger partial charge in [-0.05, 0) is 11.1 Å². The van der Waals surface area contributed by atoms with Gasteiger partial charge in [-0.2, -0.15) is 0 Å². The van der Waals surface area contributed by atoms with Gasteiger partial charge in [0.25, 0.3) is 5.69 Å². The van der Waals surface area contributed by atoms with Crippen LogP contribution in [0.2, 0.25) is 0 Å². The highest BCUT2D eigenvalue weighted by Gasteiger charge is 2.36. The fraction of sp³-hybridized carbons (Fsp3) is 0.333. The molecule has 0 fully saturated rings. The summed E-state index contributed by atoms with van der Waals surface area (Å²) in [4.78, 5) is 60.3. The van der Waals surface area contributed by atoms with E-state index in [1.165, 1.54) is 38.3 Å². The van der Waals surface area contributed by atoms with Crippen molar-refractivity contribution < 1.29 is 33.6 Å². The van der Waals surface area contributed by atoms with Crippen molar-refractivity contribution in [2.24, 2.45) is 0 Å². The molecule has 11 nitrogen and oxygen atoms in total. The zero-order valence-corrected chi connectivity index (χ0v) is 19.6. The molecule has 0 aromatic heterocycles. The van der Waals surface area contributed by atoms with Crippen molar-refractivity contribution in [3.63, 3.8) is 0 Å². The van der Waals surface area contributed by atoms with Crippen molar-refractivity contribution in [3.05, 3.63) is 75.8 Å². The number of amides is 2. The van der Waals surface area contributed by atoms with Gasteiger partial charge < -0.3 is 20.1 Å². The number of nitrogens with one attached hydrogen (secondary N) is 2. The van der Waals surface area contributed by atoms with Crippen LogP contribution in [0.1, 0.15) is 30.4 Å². The molecule has 0 aliphatic rings. The molecule has 0 aliphatic carbocycles. The van der Waals surface area contributed by atoms with E-state index in [-0.39, 0.29) is 18.5 Å². The van der Waals surface area contributed by atoms with Crippen molar-refractivity contribution in [3.8, 4) is 0 Å². The molecule has 0 unspecified atom stereocenters. The fourth-order valence-electron chi connectivity index (χ4n) is 3.54. The standard InChI is InChI=1S/C24H27N3O8/c1-15(28)25-20(13-16-7-5-4-6-8-16)23(30)26-22(24(31)35-3)19(14-21(29)34-2)17-9-11-18(12-10-17)27(32)33/h4-12,19-20,22H,13-14H2,1-3H3,(H,25,28)(H,26,30)/t19-,20-,22-/m0/s1. The molecule has 0 saturated carbocycles. The van der Waals surface area contributed by atoms with Gasteiger partial charge in [-0.25, -0.2) is 4.79 Å². The Morgan fingerprint density at radius 2 is 1.57 bits per heavy atom. The highest BCUT2D eigenvalue weighted by Crippen LogP contribution is 2.27. The topological polar surface area (TPSA) is 154 Å². The number of esters is 2. The predicted octanol–water partition coefficient (Wildman–Crippen LogP) is 1.65. The highest BCUT2D eigenvalue weighted by atomic mass is 16.6. The summed E-state index contributed by atoms with van der Waals surface area (Å²) < 4.78 is 9.61. The largest absolute Gasteiger partial charge is 0.469 e. The number of hydrogen-bond donors (Lipinski definition) is 2. The van der Waals surface area contributed by atoms with Gasteiger partial charge in [0, 0.05) is 31.4 Å². The number of hydrogen-bond acceptors (Lipinski definition) is 8. The van der Waals surface area contributed by atoms with Gasteiger partial charge in [0.2, 0.25) is 11.8 Å². The van der Waals surface area contributed by atoms with Crippen LogP contribution in [0, 0.1) is 10.1 Å². The summed E-state index contributed by atoms with van der Waals surface area (Å²) in [5, 5.41) is 16.2. The predicted molar refractivity (Wildman–Crippen MR) is 124 cm³/mol. The van der Waals surface area contributed by atoms with Crippen LogP contribution in [-0.2, 0) is 35.1 Å². The molecule has 35 heavy (non-hydrogen) atoms. The normalized spacial score (nSPS) is 13.0. The van der Waals surface area contributed by atoms with E-state index in [9.17, 15) is 29.3 Å². The van der Waals surface area contributed by atoms with Gasteiger partial charge in [-0.3, -0.25) is 24.5 Å². The molecule has 3 atom stereocenters. The quantitative estimate of drug-likeness (QED) is 0.277. The lowest BCUT2D eigenvalue weighted by Crippen LogP contribution is -2.54. The Labute approximate surface area is 201 Å². The molecule has 2 aromatic rings. The van der Waals surface area contributed by atoms with Gasteiger partial charge in [0.15, 0.2) is 0 Å². The second-order valence-corrected chi connectivity index (χ2v) is 7.69. The molecule has 2 rings (SSSR count). The number of non-ortho nitro benzene ring substituents is 1. The van der Waals surface area contributed by atoms with Crippen LogP contribution >= 0.6 is 0 Å². The van der Waals surface area contributed by atoms with Crippen LogP contribution in [0.5, 0.6) is 0 Å². The molecule has 0 saturated heterocycles. The van der Waals surface area contributed by atoms with Crippen molar-refractivity contribution in [1.29, 1.82) is 0 Å². The summed E-state index contributed by atoms with van der Waals surface area (Å²) in [6, 6.07) is 11.8. The van der Waals surface area contributed by atoms with Crippen molar-refractivity contribution in [2.75, 3.05) is 14.2 Å². The number of nitro groups is 1. The first-order chi connectivity index (χ1) is 16.7. The molecule has 0 bridgehead atoms. The Bertz CT molecular complexity index is 1060. The van der Waals surface area contributed by atoms with E-state index in [2.05, 4.69) is 10.6 Å². The first-order valence-electron chi connectivity index (χ1n) is 10.7. The van der Waals surface area contributed by atoms with Crippen molar-refractivity contribution in [2.45, 2.75) is 37.8 Å². The maximum absolute atomic E-state index is 13.2. The lowest BCUT2D eigenvalue weighted by Gasteiger charge is -2.28. The van der Waals surface area contributed by atoms with Crippen molar-refractivity contribution in [1.82, 2.24) is 10.6 Å². The number of rotatable bonds is 11. The van der Waals surface area contributed by atoms with Crippen LogP contribution in [0.25, 0.3) is 0 Å². The molecule has 11 heteroatoms. The van der Waals surface area contributed by atoms with Crippen LogP contribution in [-0.4, -0.2) is 55.0 Å². The third-order valence-electron chi connectivity index (χ3n) is 5.28. The summed E-state index contributed by atoms with van der Waals surface area (Å²) >= 11 is 0. The van der Waals surface area contributed by atoms with E-state index in [1.807, 2.05) is 6.07 Å². The lowest BCUT2D eigenvalue weighted by atomic mass is 9.87. The third kappa shape index (κ3) is 7.91. The highest BCUT2D eigenvalue weighted by molar-refractivity contribution is 5.91. The molecule has 0 radical (unpaired) electrons. The maximum Gasteiger partial charge on any atom is 0.329 e. The summed E-state index contributed by atoms with van der Waals surface area (Å²) in [6.07, 6.45) is -0.169. The SMILES string of the molecule is COC(=O)C[C@@H](c1ccc([N+](=O)[O-])cc1)[C@H](NC(=O)[C@H](Cc1ccccc1)NC(C)=O)C(=O)OC. The molecule has 2 aromatic carbocycles. The molecule has 0 heterocycles. The summed E-state index contributed by atoms with van der Waals surface area (Å²) in [5.41, 5.74) is 0.964. The Morgan fingerprint density at radius 3 is 2.09 bits per heavy atom. The van der Waals surface area contributed by atoms with E-state index >= 15 is 0 Å². The first-order valence-corrected chi connectivity index (χ1v) is 10.7. The molecule has 2 amide bonds. The lowest BCUT2D eigenvalue weighted by molar-refractivity contribution is -0.384. The van der Waals surface area contributed by atoms with E-state index in [1.54, 1.807) is 24.3 Å². The molecule has 0 spiro atoms. The van der Waals surface area contributed by atoms with E-state index in [4.69, 9.17) is 9.47 Å². The van der Waals surface area contributed by atoms with E-state index in [0.717, 1.165) is 12.7 Å².